The summed E-state index contributed by atoms with van der Waals surface area (Å²) in [5.41, 5.74) is 1.51. The molecule has 0 amide bonds. The summed E-state index contributed by atoms with van der Waals surface area (Å²) in [5, 5.41) is 0. The lowest BCUT2D eigenvalue weighted by Gasteiger charge is -2.41. The normalized spacial score (nSPS) is 19.6. The fraction of sp³-hybridized carbons (Fsp3) is 0.600. The molecule has 0 saturated carbocycles. The molecule has 1 heteroatoms. The molecule has 1 aliphatic rings. The van der Waals surface area contributed by atoms with Crippen molar-refractivity contribution in [2.75, 3.05) is 19.6 Å². The second-order valence-corrected chi connectivity index (χ2v) is 5.22. The van der Waals surface area contributed by atoms with Crippen LogP contribution in [0.3, 0.4) is 0 Å². The van der Waals surface area contributed by atoms with E-state index in [9.17, 15) is 0 Å². The summed E-state index contributed by atoms with van der Waals surface area (Å²) < 4.78 is 1.33. The number of rotatable bonds is 4. The summed E-state index contributed by atoms with van der Waals surface area (Å²) in [6, 6.07) is 11.0. The van der Waals surface area contributed by atoms with Crippen molar-refractivity contribution in [1.82, 2.24) is 0 Å². The van der Waals surface area contributed by atoms with Gasteiger partial charge in [0.2, 0.25) is 0 Å². The smallest absolute Gasteiger partial charge is 0.104 e. The van der Waals surface area contributed by atoms with E-state index in [2.05, 4.69) is 37.3 Å². The molecule has 1 fully saturated rings. The van der Waals surface area contributed by atoms with Crippen LogP contribution < -0.4 is 0 Å². The van der Waals surface area contributed by atoms with Crippen LogP contribution in [-0.2, 0) is 6.54 Å². The summed E-state index contributed by atoms with van der Waals surface area (Å²) in [5.74, 6) is 0. The Morgan fingerprint density at radius 1 is 1.00 bits per heavy atom. The molecule has 1 heterocycles. The molecule has 0 unspecified atom stereocenters. The minimum absolute atomic E-state index is 1.24. The third kappa shape index (κ3) is 2.85. The van der Waals surface area contributed by atoms with Gasteiger partial charge in [-0.1, -0.05) is 37.3 Å². The van der Waals surface area contributed by atoms with Crippen molar-refractivity contribution in [3.8, 4) is 0 Å². The highest BCUT2D eigenvalue weighted by molar-refractivity contribution is 5.13. The minimum atomic E-state index is 1.24. The van der Waals surface area contributed by atoms with E-state index < -0.39 is 0 Å². The summed E-state index contributed by atoms with van der Waals surface area (Å²) in [7, 11) is 0. The van der Waals surface area contributed by atoms with Crippen LogP contribution in [0.4, 0.5) is 0 Å². The van der Waals surface area contributed by atoms with Crippen molar-refractivity contribution < 1.29 is 4.48 Å². The topological polar surface area (TPSA) is 0 Å². The third-order valence-corrected chi connectivity index (χ3v) is 3.82. The van der Waals surface area contributed by atoms with Gasteiger partial charge >= 0.3 is 0 Å². The zero-order valence-corrected chi connectivity index (χ0v) is 10.5. The Kier molecular flexibility index (Phi) is 4.00. The second kappa shape index (κ2) is 5.49. The van der Waals surface area contributed by atoms with Gasteiger partial charge in [0.25, 0.3) is 0 Å². The molecular weight excluding hydrogens is 194 g/mol. The molecule has 0 N–H and O–H groups in total. The first-order valence-electron chi connectivity index (χ1n) is 6.74. The molecule has 0 bridgehead atoms. The van der Waals surface area contributed by atoms with E-state index in [0.717, 1.165) is 0 Å². The Balaban J connectivity index is 2.07. The van der Waals surface area contributed by atoms with E-state index in [1.807, 2.05) is 0 Å². The lowest BCUT2D eigenvalue weighted by Crippen LogP contribution is -2.51. The minimum Gasteiger partial charge on any atom is -0.320 e. The van der Waals surface area contributed by atoms with Gasteiger partial charge in [0.05, 0.1) is 19.6 Å². The van der Waals surface area contributed by atoms with Gasteiger partial charge in [0, 0.05) is 5.56 Å². The number of hydrogen-bond acceptors (Lipinski definition) is 0. The number of hydrogen-bond donors (Lipinski definition) is 0. The lowest BCUT2D eigenvalue weighted by atomic mass is 10.0. The van der Waals surface area contributed by atoms with Gasteiger partial charge in [0.15, 0.2) is 0 Å². The Bertz CT molecular complexity index is 293. The molecule has 88 valence electrons. The summed E-state index contributed by atoms with van der Waals surface area (Å²) in [6.07, 6.45) is 5.60. The van der Waals surface area contributed by atoms with E-state index in [4.69, 9.17) is 0 Å². The standard InChI is InChI=1S/C15H24N/c1-2-11-16(12-7-4-8-13-16)14-15-9-5-3-6-10-15/h3,5-6,9-10H,2,4,7-8,11-14H2,1H3/q+1. The quantitative estimate of drug-likeness (QED) is 0.677. The molecule has 16 heavy (non-hydrogen) atoms. The molecule has 1 aromatic carbocycles. The summed E-state index contributed by atoms with van der Waals surface area (Å²) in [6.45, 7) is 7.70. The van der Waals surface area contributed by atoms with Crippen molar-refractivity contribution in [2.24, 2.45) is 0 Å². The Labute approximate surface area is 99.7 Å². The fourth-order valence-electron chi connectivity index (χ4n) is 3.09. The van der Waals surface area contributed by atoms with Gasteiger partial charge in [-0.05, 0) is 25.7 Å². The van der Waals surface area contributed by atoms with E-state index in [1.54, 1.807) is 0 Å². The van der Waals surface area contributed by atoms with Crippen LogP contribution in [-0.4, -0.2) is 24.1 Å². The predicted octanol–water partition coefficient (Wildman–Crippen LogP) is 3.60. The molecule has 1 aliphatic heterocycles. The second-order valence-electron chi connectivity index (χ2n) is 5.22. The third-order valence-electron chi connectivity index (χ3n) is 3.82. The Morgan fingerprint density at radius 3 is 2.31 bits per heavy atom. The van der Waals surface area contributed by atoms with Crippen molar-refractivity contribution >= 4 is 0 Å². The molecular formula is C15H24N+. The van der Waals surface area contributed by atoms with Crippen LogP contribution in [0.1, 0.15) is 38.2 Å². The Hall–Kier alpha value is -0.820. The molecule has 1 saturated heterocycles. The largest absolute Gasteiger partial charge is 0.320 e. The van der Waals surface area contributed by atoms with Crippen molar-refractivity contribution in [2.45, 2.75) is 39.2 Å². The monoisotopic (exact) mass is 218 g/mol. The zero-order valence-electron chi connectivity index (χ0n) is 10.5. The predicted molar refractivity (Wildman–Crippen MR) is 69.1 cm³/mol. The molecule has 1 aromatic rings. The molecule has 2 rings (SSSR count). The number of likely N-dealkylation sites (tertiary alicyclic amines) is 1. The van der Waals surface area contributed by atoms with Crippen LogP contribution in [0.15, 0.2) is 30.3 Å². The van der Waals surface area contributed by atoms with Gasteiger partial charge in [-0.3, -0.25) is 0 Å². The first-order chi connectivity index (χ1) is 7.85. The van der Waals surface area contributed by atoms with Gasteiger partial charge < -0.3 is 4.48 Å². The van der Waals surface area contributed by atoms with Crippen molar-refractivity contribution in [3.05, 3.63) is 35.9 Å². The maximum Gasteiger partial charge on any atom is 0.104 e. The number of piperidine rings is 1. The molecule has 0 atom stereocenters. The van der Waals surface area contributed by atoms with Crippen molar-refractivity contribution in [1.29, 1.82) is 0 Å². The molecule has 0 radical (unpaired) electrons. The summed E-state index contributed by atoms with van der Waals surface area (Å²) >= 11 is 0. The highest BCUT2D eigenvalue weighted by Crippen LogP contribution is 2.23. The van der Waals surface area contributed by atoms with Crippen LogP contribution >= 0.6 is 0 Å². The first-order valence-corrected chi connectivity index (χ1v) is 6.74. The average molecular weight is 218 g/mol. The lowest BCUT2D eigenvalue weighted by molar-refractivity contribution is -0.945. The van der Waals surface area contributed by atoms with Crippen LogP contribution in [0, 0.1) is 0 Å². The highest BCUT2D eigenvalue weighted by Gasteiger charge is 2.28. The number of nitrogens with zero attached hydrogens (tertiary/aromatic N) is 1. The van der Waals surface area contributed by atoms with E-state index in [1.165, 1.54) is 61.9 Å². The van der Waals surface area contributed by atoms with Crippen LogP contribution in [0.5, 0.6) is 0 Å². The number of quaternary nitrogens is 1. The molecule has 0 aromatic heterocycles. The van der Waals surface area contributed by atoms with Crippen molar-refractivity contribution in [3.63, 3.8) is 0 Å². The number of benzene rings is 1. The van der Waals surface area contributed by atoms with E-state index >= 15 is 0 Å². The fourth-order valence-corrected chi connectivity index (χ4v) is 3.09. The SMILES string of the molecule is CCC[N+]1(Cc2ccccc2)CCCCC1. The van der Waals surface area contributed by atoms with Crippen LogP contribution in [0.25, 0.3) is 0 Å². The van der Waals surface area contributed by atoms with Gasteiger partial charge in [0.1, 0.15) is 6.54 Å². The van der Waals surface area contributed by atoms with Gasteiger partial charge in [-0.2, -0.15) is 0 Å². The highest BCUT2D eigenvalue weighted by atomic mass is 15.4. The van der Waals surface area contributed by atoms with Gasteiger partial charge in [-0.15, -0.1) is 0 Å². The molecule has 1 nitrogen and oxygen atoms in total. The first kappa shape index (κ1) is 11.7. The van der Waals surface area contributed by atoms with Crippen LogP contribution in [0.2, 0.25) is 0 Å². The Morgan fingerprint density at radius 2 is 1.69 bits per heavy atom. The molecule has 0 aliphatic carbocycles. The van der Waals surface area contributed by atoms with E-state index in [-0.39, 0.29) is 0 Å². The molecule has 0 spiro atoms. The maximum atomic E-state index is 2.32. The summed E-state index contributed by atoms with van der Waals surface area (Å²) in [4.78, 5) is 0. The zero-order chi connectivity index (χ0) is 11.3. The van der Waals surface area contributed by atoms with E-state index in [0.29, 0.717) is 0 Å². The maximum absolute atomic E-state index is 2.32. The van der Waals surface area contributed by atoms with Gasteiger partial charge in [-0.25, -0.2) is 0 Å². The average Bonchev–Trinajstić information content (AvgIpc) is 2.31.